The highest BCUT2D eigenvalue weighted by Crippen LogP contribution is 2.34. The third-order valence-electron chi connectivity index (χ3n) is 5.49. The van der Waals surface area contributed by atoms with Gasteiger partial charge in [-0.2, -0.15) is 0 Å². The second kappa shape index (κ2) is 10.0. The van der Waals surface area contributed by atoms with Gasteiger partial charge in [0.05, 0.1) is 19.8 Å². The number of para-hydroxylation sites is 1. The molecule has 176 valence electrons. The van der Waals surface area contributed by atoms with E-state index in [9.17, 15) is 9.59 Å². The van der Waals surface area contributed by atoms with Gasteiger partial charge in [0.1, 0.15) is 10.9 Å². The molecule has 0 radical (unpaired) electrons. The minimum absolute atomic E-state index is 0.121. The van der Waals surface area contributed by atoms with Crippen molar-refractivity contribution >= 4 is 29.1 Å². The lowest BCUT2D eigenvalue weighted by atomic mass is 10.1. The van der Waals surface area contributed by atoms with Crippen LogP contribution in [0.5, 0.6) is 17.2 Å². The van der Waals surface area contributed by atoms with Gasteiger partial charge in [0.15, 0.2) is 17.6 Å². The van der Waals surface area contributed by atoms with E-state index in [2.05, 4.69) is 10.3 Å². The number of aromatic nitrogens is 1. The smallest absolute Gasteiger partial charge is 0.263 e. The Morgan fingerprint density at radius 3 is 2.76 bits per heavy atom. The summed E-state index contributed by atoms with van der Waals surface area (Å²) >= 11 is 6.04. The Bertz CT molecular complexity index is 1230. The van der Waals surface area contributed by atoms with Crippen LogP contribution in [0.3, 0.4) is 0 Å². The molecule has 8 nitrogen and oxygen atoms in total. The molecule has 2 amide bonds. The number of carbonyl (C=O) groups is 2. The first-order valence-electron chi connectivity index (χ1n) is 10.6. The number of fused-ring (bicyclic) bond motifs is 1. The van der Waals surface area contributed by atoms with Crippen LogP contribution in [0.25, 0.3) is 0 Å². The van der Waals surface area contributed by atoms with Crippen molar-refractivity contribution in [1.29, 1.82) is 0 Å². The van der Waals surface area contributed by atoms with Gasteiger partial charge in [0.2, 0.25) is 0 Å². The van der Waals surface area contributed by atoms with Crippen molar-refractivity contribution < 1.29 is 23.8 Å². The van der Waals surface area contributed by atoms with E-state index < -0.39 is 6.10 Å². The van der Waals surface area contributed by atoms with Gasteiger partial charge in [-0.25, -0.2) is 4.98 Å². The molecule has 34 heavy (non-hydrogen) atoms. The summed E-state index contributed by atoms with van der Waals surface area (Å²) in [6.07, 6.45) is 0.843. The number of carbonyl (C=O) groups excluding carboxylic acids is 2. The standard InChI is InChI=1S/C25H24ClN3O5/c1-15-25(31)29(13-16-6-4-8-21(32-2)22(16)33-3)14-17-12-18(9-10-20(17)34-15)28-24(30)19-7-5-11-27-23(19)26/h4-12,15H,13-14H2,1-3H3,(H,28,30). The molecule has 0 saturated carbocycles. The minimum atomic E-state index is -0.674. The molecule has 9 heteroatoms. The highest BCUT2D eigenvalue weighted by molar-refractivity contribution is 6.33. The number of rotatable bonds is 6. The molecule has 2 aromatic carbocycles. The van der Waals surface area contributed by atoms with E-state index in [1.807, 2.05) is 12.1 Å². The summed E-state index contributed by atoms with van der Waals surface area (Å²) in [5.74, 6) is 1.21. The lowest BCUT2D eigenvalue weighted by molar-refractivity contribution is -0.138. The third-order valence-corrected chi connectivity index (χ3v) is 5.79. The van der Waals surface area contributed by atoms with Gasteiger partial charge in [-0.15, -0.1) is 0 Å². The molecule has 1 N–H and O–H groups in total. The fourth-order valence-corrected chi connectivity index (χ4v) is 4.05. The summed E-state index contributed by atoms with van der Waals surface area (Å²) < 4.78 is 16.8. The van der Waals surface area contributed by atoms with Crippen LogP contribution in [0.15, 0.2) is 54.7 Å². The molecule has 3 aromatic rings. The number of ether oxygens (including phenoxy) is 3. The number of hydrogen-bond acceptors (Lipinski definition) is 6. The average molecular weight is 482 g/mol. The van der Waals surface area contributed by atoms with E-state index in [-0.39, 0.29) is 29.1 Å². The van der Waals surface area contributed by atoms with Crippen molar-refractivity contribution in [3.63, 3.8) is 0 Å². The SMILES string of the molecule is COc1cccc(CN2Cc3cc(NC(=O)c4cccnc4Cl)ccc3OC(C)C2=O)c1OC. The summed E-state index contributed by atoms with van der Waals surface area (Å²) in [6.45, 7) is 2.30. The molecule has 1 atom stereocenters. The Hall–Kier alpha value is -3.78. The maximum absolute atomic E-state index is 13.1. The first-order chi connectivity index (χ1) is 16.4. The average Bonchev–Trinajstić information content (AvgIpc) is 2.95. The molecular formula is C25H24ClN3O5. The summed E-state index contributed by atoms with van der Waals surface area (Å²) in [4.78, 5) is 31.4. The second-order valence-electron chi connectivity index (χ2n) is 7.73. The number of amides is 2. The first kappa shape index (κ1) is 23.4. The zero-order valence-corrected chi connectivity index (χ0v) is 19.8. The number of benzene rings is 2. The molecule has 0 fully saturated rings. The maximum atomic E-state index is 13.1. The predicted octanol–water partition coefficient (Wildman–Crippen LogP) is 4.31. The van der Waals surface area contributed by atoms with Gasteiger partial charge >= 0.3 is 0 Å². The van der Waals surface area contributed by atoms with Crippen LogP contribution >= 0.6 is 11.6 Å². The zero-order chi connectivity index (χ0) is 24.2. The van der Waals surface area contributed by atoms with Crippen molar-refractivity contribution in [2.45, 2.75) is 26.1 Å². The van der Waals surface area contributed by atoms with Crippen LogP contribution in [0, 0.1) is 0 Å². The number of halogens is 1. The summed E-state index contributed by atoms with van der Waals surface area (Å²) in [7, 11) is 3.13. The van der Waals surface area contributed by atoms with Gasteiger partial charge in [-0.1, -0.05) is 23.7 Å². The molecule has 0 saturated heterocycles. The Morgan fingerprint density at radius 1 is 1.21 bits per heavy atom. The maximum Gasteiger partial charge on any atom is 0.263 e. The number of methoxy groups -OCH3 is 2. The van der Waals surface area contributed by atoms with Gasteiger partial charge < -0.3 is 24.4 Å². The molecule has 1 aromatic heterocycles. The Labute approximate surface area is 202 Å². The summed E-state index contributed by atoms with van der Waals surface area (Å²) in [6, 6.07) is 14.0. The van der Waals surface area contributed by atoms with Gasteiger partial charge in [0, 0.05) is 36.1 Å². The van der Waals surface area contributed by atoms with Crippen LogP contribution in [0.2, 0.25) is 5.15 Å². The van der Waals surface area contributed by atoms with Crippen LogP contribution in [-0.4, -0.2) is 42.0 Å². The zero-order valence-electron chi connectivity index (χ0n) is 19.0. The first-order valence-corrected chi connectivity index (χ1v) is 11.0. The van der Waals surface area contributed by atoms with Crippen molar-refractivity contribution in [3.8, 4) is 17.2 Å². The van der Waals surface area contributed by atoms with Crippen LogP contribution in [-0.2, 0) is 17.9 Å². The number of nitrogens with zero attached hydrogens (tertiary/aromatic N) is 2. The second-order valence-corrected chi connectivity index (χ2v) is 8.08. The van der Waals surface area contributed by atoms with Crippen molar-refractivity contribution in [3.05, 3.63) is 76.6 Å². The van der Waals surface area contributed by atoms with Crippen LogP contribution in [0.4, 0.5) is 5.69 Å². The molecular weight excluding hydrogens is 458 g/mol. The van der Waals surface area contributed by atoms with E-state index in [0.717, 1.165) is 11.1 Å². The van der Waals surface area contributed by atoms with Gasteiger partial charge in [0.25, 0.3) is 11.8 Å². The lowest BCUT2D eigenvalue weighted by Crippen LogP contribution is -2.37. The summed E-state index contributed by atoms with van der Waals surface area (Å²) in [5.41, 5.74) is 2.38. The van der Waals surface area contributed by atoms with Crippen molar-refractivity contribution in [1.82, 2.24) is 9.88 Å². The predicted molar refractivity (Wildman–Crippen MR) is 128 cm³/mol. The Kier molecular flexibility index (Phi) is 6.88. The quantitative estimate of drug-likeness (QED) is 0.527. The molecule has 2 heterocycles. The Balaban J connectivity index is 1.61. The topological polar surface area (TPSA) is 90.0 Å². The fraction of sp³-hybridized carbons (Fsp3) is 0.240. The Morgan fingerprint density at radius 2 is 2.03 bits per heavy atom. The molecule has 0 bridgehead atoms. The molecule has 0 aliphatic carbocycles. The van der Waals surface area contributed by atoms with Crippen molar-refractivity contribution in [2.24, 2.45) is 0 Å². The third kappa shape index (κ3) is 4.77. The molecule has 1 unspecified atom stereocenters. The molecule has 1 aliphatic heterocycles. The molecule has 4 rings (SSSR count). The van der Waals surface area contributed by atoms with E-state index in [1.54, 1.807) is 62.4 Å². The number of anilines is 1. The molecule has 1 aliphatic rings. The van der Waals surface area contributed by atoms with Gasteiger partial charge in [-0.3, -0.25) is 9.59 Å². The van der Waals surface area contributed by atoms with E-state index in [1.165, 1.54) is 6.20 Å². The van der Waals surface area contributed by atoms with E-state index >= 15 is 0 Å². The number of hydrogen-bond donors (Lipinski definition) is 1. The fourth-order valence-electron chi connectivity index (χ4n) is 3.85. The highest BCUT2D eigenvalue weighted by Gasteiger charge is 2.29. The van der Waals surface area contributed by atoms with Crippen molar-refractivity contribution in [2.75, 3.05) is 19.5 Å². The largest absolute Gasteiger partial charge is 0.493 e. The number of pyridine rings is 1. The summed E-state index contributed by atoms with van der Waals surface area (Å²) in [5, 5.41) is 2.95. The lowest BCUT2D eigenvalue weighted by Gasteiger charge is -2.24. The normalized spacial score (nSPS) is 15.1. The monoisotopic (exact) mass is 481 g/mol. The van der Waals surface area contributed by atoms with Crippen LogP contribution < -0.4 is 19.5 Å². The van der Waals surface area contributed by atoms with E-state index in [0.29, 0.717) is 29.5 Å². The number of nitrogens with one attached hydrogen (secondary N) is 1. The highest BCUT2D eigenvalue weighted by atomic mass is 35.5. The van der Waals surface area contributed by atoms with E-state index in [4.69, 9.17) is 25.8 Å². The van der Waals surface area contributed by atoms with Gasteiger partial charge in [-0.05, 0) is 43.3 Å². The molecule has 0 spiro atoms. The minimum Gasteiger partial charge on any atom is -0.493 e. The van der Waals surface area contributed by atoms with Crippen LogP contribution in [0.1, 0.15) is 28.4 Å².